The lowest BCUT2D eigenvalue weighted by molar-refractivity contribution is -0.384. The van der Waals surface area contributed by atoms with Gasteiger partial charge in [0.2, 0.25) is 12.7 Å². The van der Waals surface area contributed by atoms with Gasteiger partial charge in [-0.2, -0.15) is 0 Å². The predicted molar refractivity (Wildman–Crippen MR) is 85.8 cm³/mol. The number of halogens is 1. The Balaban J connectivity index is 1.87. The molecule has 1 amide bonds. The number of non-ortho nitro benzene ring substituents is 1. The summed E-state index contributed by atoms with van der Waals surface area (Å²) >= 11 is 6.26. The minimum Gasteiger partial charge on any atom is -0.454 e. The third-order valence-corrected chi connectivity index (χ3v) is 4.49. The highest BCUT2D eigenvalue weighted by Gasteiger charge is 2.31. The molecule has 8 heteroatoms. The Morgan fingerprint density at radius 3 is 2.67 bits per heavy atom. The van der Waals surface area contributed by atoms with E-state index in [4.69, 9.17) is 21.1 Å². The van der Waals surface area contributed by atoms with Crippen LogP contribution in [0, 0.1) is 10.1 Å². The molecule has 2 aliphatic heterocycles. The number of carbonyl (C=O) groups is 1. The number of anilines is 1. The van der Waals surface area contributed by atoms with Gasteiger partial charge in [-0.25, -0.2) is 0 Å². The van der Waals surface area contributed by atoms with E-state index in [2.05, 4.69) is 5.32 Å². The summed E-state index contributed by atoms with van der Waals surface area (Å²) in [5.74, 6) is 0.556. The smallest absolute Gasteiger partial charge is 0.269 e. The summed E-state index contributed by atoms with van der Waals surface area (Å²) < 4.78 is 10.7. The van der Waals surface area contributed by atoms with Gasteiger partial charge in [0.05, 0.1) is 4.92 Å². The van der Waals surface area contributed by atoms with E-state index in [-0.39, 0.29) is 24.8 Å². The quantitative estimate of drug-likeness (QED) is 0.664. The van der Waals surface area contributed by atoms with Gasteiger partial charge in [0.1, 0.15) is 0 Å². The van der Waals surface area contributed by atoms with E-state index >= 15 is 0 Å². The zero-order valence-electron chi connectivity index (χ0n) is 12.2. The van der Waals surface area contributed by atoms with Crippen LogP contribution < -0.4 is 14.8 Å². The number of ether oxygens (including phenoxy) is 2. The Morgan fingerprint density at radius 2 is 1.92 bits per heavy atom. The highest BCUT2D eigenvalue weighted by atomic mass is 35.5. The first-order chi connectivity index (χ1) is 11.5. The number of fused-ring (bicyclic) bond motifs is 2. The van der Waals surface area contributed by atoms with Gasteiger partial charge >= 0.3 is 0 Å². The fraction of sp³-hybridized carbons (Fsp3) is 0.188. The van der Waals surface area contributed by atoms with E-state index < -0.39 is 10.8 Å². The Kier molecular flexibility index (Phi) is 3.31. The molecular weight excluding hydrogens is 336 g/mol. The van der Waals surface area contributed by atoms with Crippen LogP contribution in [-0.2, 0) is 4.79 Å². The number of nitro groups is 1. The van der Waals surface area contributed by atoms with Gasteiger partial charge in [-0.15, -0.1) is 0 Å². The summed E-state index contributed by atoms with van der Waals surface area (Å²) in [7, 11) is 0. The fourth-order valence-corrected chi connectivity index (χ4v) is 3.29. The molecule has 0 unspecified atom stereocenters. The monoisotopic (exact) mass is 346 g/mol. The minimum atomic E-state index is -0.483. The van der Waals surface area contributed by atoms with E-state index in [9.17, 15) is 14.9 Å². The number of nitrogens with one attached hydrogen (secondary N) is 1. The van der Waals surface area contributed by atoms with Crippen LogP contribution in [-0.4, -0.2) is 17.6 Å². The first-order valence-corrected chi connectivity index (χ1v) is 7.58. The lowest BCUT2D eigenvalue weighted by Crippen LogP contribution is -2.23. The van der Waals surface area contributed by atoms with Gasteiger partial charge in [0, 0.05) is 41.2 Å². The molecule has 122 valence electrons. The molecule has 2 aliphatic rings. The van der Waals surface area contributed by atoms with Gasteiger partial charge in [-0.3, -0.25) is 14.9 Å². The number of hydrogen-bond acceptors (Lipinski definition) is 5. The predicted octanol–water partition coefficient (Wildman–Crippen LogP) is 3.45. The Morgan fingerprint density at radius 1 is 1.17 bits per heavy atom. The van der Waals surface area contributed by atoms with Gasteiger partial charge < -0.3 is 14.8 Å². The summed E-state index contributed by atoms with van der Waals surface area (Å²) in [6.07, 6.45) is 0.146. The van der Waals surface area contributed by atoms with E-state index in [0.29, 0.717) is 27.8 Å². The number of nitrogens with zero attached hydrogens (tertiary/aromatic N) is 1. The molecule has 2 aromatic carbocycles. The standard InChI is InChI=1S/C16H11ClN2O5/c17-12-2-1-8(19(21)22)3-10(12)9-5-16(20)18-13-6-15-14(4-11(9)13)23-7-24-15/h1-4,6,9H,5,7H2,(H,18,20)/t9-/m1/s1. The molecule has 0 bridgehead atoms. The molecule has 0 aromatic heterocycles. The third-order valence-electron chi connectivity index (χ3n) is 4.15. The molecule has 0 spiro atoms. The molecule has 1 N–H and O–H groups in total. The maximum Gasteiger partial charge on any atom is 0.269 e. The lowest BCUT2D eigenvalue weighted by Gasteiger charge is -2.26. The maximum atomic E-state index is 12.1. The van der Waals surface area contributed by atoms with Crippen molar-refractivity contribution in [3.63, 3.8) is 0 Å². The summed E-state index contributed by atoms with van der Waals surface area (Å²) in [5.41, 5.74) is 1.87. The molecule has 0 radical (unpaired) electrons. The second-order valence-electron chi connectivity index (χ2n) is 5.56. The number of hydrogen-bond donors (Lipinski definition) is 1. The van der Waals surface area contributed by atoms with Gasteiger partial charge in [-0.05, 0) is 23.3 Å². The SMILES string of the molecule is O=C1C[C@H](c2cc([N+](=O)[O-])ccc2Cl)c2cc3c(cc2N1)OCO3. The normalized spacial score (nSPS) is 18.0. The molecule has 4 rings (SSSR count). The molecule has 2 heterocycles. The molecule has 0 saturated heterocycles. The maximum absolute atomic E-state index is 12.1. The largest absolute Gasteiger partial charge is 0.454 e. The zero-order valence-corrected chi connectivity index (χ0v) is 13.0. The topological polar surface area (TPSA) is 90.7 Å². The van der Waals surface area contributed by atoms with Crippen molar-refractivity contribution in [1.82, 2.24) is 0 Å². The van der Waals surface area contributed by atoms with Crippen molar-refractivity contribution >= 4 is 28.9 Å². The van der Waals surface area contributed by atoms with Crippen LogP contribution in [0.3, 0.4) is 0 Å². The number of amides is 1. The second-order valence-corrected chi connectivity index (χ2v) is 5.97. The van der Waals surface area contributed by atoms with Crippen LogP contribution in [0.15, 0.2) is 30.3 Å². The Bertz CT molecular complexity index is 883. The van der Waals surface area contributed by atoms with Crippen molar-refractivity contribution < 1.29 is 19.2 Å². The average Bonchev–Trinajstić information content (AvgIpc) is 2.99. The number of rotatable bonds is 2. The van der Waals surface area contributed by atoms with E-state index in [1.54, 1.807) is 12.1 Å². The third kappa shape index (κ3) is 2.33. The van der Waals surface area contributed by atoms with Crippen molar-refractivity contribution in [2.75, 3.05) is 12.1 Å². The summed E-state index contributed by atoms with van der Waals surface area (Å²) in [5, 5.41) is 14.2. The lowest BCUT2D eigenvalue weighted by atomic mass is 9.84. The Labute approximate surface area is 141 Å². The van der Waals surface area contributed by atoms with Gasteiger partial charge in [0.25, 0.3) is 5.69 Å². The van der Waals surface area contributed by atoms with Crippen molar-refractivity contribution in [2.24, 2.45) is 0 Å². The van der Waals surface area contributed by atoms with Crippen LogP contribution in [0.25, 0.3) is 0 Å². The first kappa shape index (κ1) is 14.8. The minimum absolute atomic E-state index is 0.0670. The first-order valence-electron chi connectivity index (χ1n) is 7.20. The van der Waals surface area contributed by atoms with Gasteiger partial charge in [0.15, 0.2) is 11.5 Å². The van der Waals surface area contributed by atoms with E-state index in [0.717, 1.165) is 5.56 Å². The Hall–Kier alpha value is -2.80. The summed E-state index contributed by atoms with van der Waals surface area (Å²) in [6, 6.07) is 7.73. The molecule has 0 aliphatic carbocycles. The molecule has 7 nitrogen and oxygen atoms in total. The van der Waals surface area contributed by atoms with Crippen molar-refractivity contribution in [1.29, 1.82) is 0 Å². The van der Waals surface area contributed by atoms with Gasteiger partial charge in [-0.1, -0.05) is 11.6 Å². The molecule has 24 heavy (non-hydrogen) atoms. The highest BCUT2D eigenvalue weighted by Crippen LogP contribution is 2.46. The van der Waals surface area contributed by atoms with Crippen molar-refractivity contribution in [3.8, 4) is 11.5 Å². The number of nitro benzene ring substituents is 1. The van der Waals surface area contributed by atoms with Crippen LogP contribution in [0.4, 0.5) is 11.4 Å². The summed E-state index contributed by atoms with van der Waals surface area (Å²) in [4.78, 5) is 22.7. The van der Waals surface area contributed by atoms with Crippen LogP contribution in [0.5, 0.6) is 11.5 Å². The van der Waals surface area contributed by atoms with E-state index in [1.807, 2.05) is 0 Å². The van der Waals surface area contributed by atoms with Crippen molar-refractivity contribution in [3.05, 3.63) is 56.6 Å². The second kappa shape index (κ2) is 5.38. The molecule has 1 atom stereocenters. The summed E-state index contributed by atoms with van der Waals surface area (Å²) in [6.45, 7) is 0.119. The molecule has 2 aromatic rings. The van der Waals surface area contributed by atoms with E-state index in [1.165, 1.54) is 18.2 Å². The molecule has 0 saturated carbocycles. The molecular formula is C16H11ClN2O5. The van der Waals surface area contributed by atoms with Crippen LogP contribution in [0.2, 0.25) is 5.02 Å². The zero-order chi connectivity index (χ0) is 16.8. The van der Waals surface area contributed by atoms with Crippen LogP contribution in [0.1, 0.15) is 23.5 Å². The van der Waals surface area contributed by atoms with Crippen LogP contribution >= 0.6 is 11.6 Å². The highest BCUT2D eigenvalue weighted by molar-refractivity contribution is 6.31. The van der Waals surface area contributed by atoms with Crippen molar-refractivity contribution in [2.45, 2.75) is 12.3 Å². The average molecular weight is 347 g/mol. The molecule has 0 fully saturated rings. The fourth-order valence-electron chi connectivity index (χ4n) is 3.04. The number of carbonyl (C=O) groups excluding carboxylic acids is 1. The number of benzene rings is 2.